The molecular formula is C19H33NO2. The lowest BCUT2D eigenvalue weighted by atomic mass is 9.75. The normalized spacial score (nSPS) is 20.2. The van der Waals surface area contributed by atoms with Gasteiger partial charge in [-0.3, -0.25) is 0 Å². The summed E-state index contributed by atoms with van der Waals surface area (Å²) < 4.78 is 5.60. The summed E-state index contributed by atoms with van der Waals surface area (Å²) in [4.78, 5) is 5.43. The van der Waals surface area contributed by atoms with Crippen LogP contribution >= 0.6 is 0 Å². The van der Waals surface area contributed by atoms with E-state index in [1.165, 1.54) is 36.0 Å². The lowest BCUT2D eigenvalue weighted by Crippen LogP contribution is -2.37. The van der Waals surface area contributed by atoms with Gasteiger partial charge in [-0.05, 0) is 54.9 Å². The van der Waals surface area contributed by atoms with Crippen molar-refractivity contribution in [3.63, 3.8) is 0 Å². The maximum absolute atomic E-state index is 5.60. The van der Waals surface area contributed by atoms with Crippen LogP contribution in [0.5, 0.6) is 5.75 Å². The second-order valence-corrected chi connectivity index (χ2v) is 5.78. The van der Waals surface area contributed by atoms with E-state index in [2.05, 4.69) is 26.0 Å². The molecule has 0 aliphatic heterocycles. The first-order chi connectivity index (χ1) is 10.6. The maximum Gasteiger partial charge on any atom is 0.122 e. The first-order valence-corrected chi connectivity index (χ1v) is 8.55. The molecular weight excluding hydrogens is 274 g/mol. The average Bonchev–Trinajstić information content (AvgIpc) is 2.56. The Balaban J connectivity index is 0.00000116. The molecule has 0 heterocycles. The van der Waals surface area contributed by atoms with E-state index in [0.717, 1.165) is 12.2 Å². The number of methoxy groups -OCH3 is 1. The number of rotatable bonds is 5. The second-order valence-electron chi connectivity index (χ2n) is 5.78. The van der Waals surface area contributed by atoms with Gasteiger partial charge < -0.3 is 9.57 Å². The summed E-state index contributed by atoms with van der Waals surface area (Å²) in [7, 11) is 5.54. The van der Waals surface area contributed by atoms with Gasteiger partial charge in [-0.2, -0.15) is 5.06 Å². The molecule has 0 saturated carbocycles. The molecule has 0 amide bonds. The Kier molecular flexibility index (Phi) is 7.91. The van der Waals surface area contributed by atoms with Gasteiger partial charge in [0.2, 0.25) is 0 Å². The number of likely N-dealkylation sites (N-methyl/N-ethyl adjacent to an activating group) is 1. The van der Waals surface area contributed by atoms with Crippen LogP contribution in [0.1, 0.15) is 62.6 Å². The molecule has 1 aromatic rings. The summed E-state index contributed by atoms with van der Waals surface area (Å²) in [5, 5.41) is 1.99. The van der Waals surface area contributed by atoms with Gasteiger partial charge in [0.1, 0.15) is 5.75 Å². The van der Waals surface area contributed by atoms with E-state index in [4.69, 9.17) is 9.57 Å². The van der Waals surface area contributed by atoms with Crippen molar-refractivity contribution in [2.75, 3.05) is 21.3 Å². The molecule has 1 aromatic carbocycles. The first-order valence-electron chi connectivity index (χ1n) is 8.55. The highest BCUT2D eigenvalue weighted by Gasteiger charge is 2.32. The smallest absolute Gasteiger partial charge is 0.122 e. The molecule has 3 nitrogen and oxygen atoms in total. The van der Waals surface area contributed by atoms with E-state index in [-0.39, 0.29) is 0 Å². The fourth-order valence-electron chi connectivity index (χ4n) is 3.53. The van der Waals surface area contributed by atoms with E-state index in [0.29, 0.717) is 12.0 Å². The van der Waals surface area contributed by atoms with Crippen molar-refractivity contribution in [3.05, 3.63) is 28.8 Å². The van der Waals surface area contributed by atoms with Crippen molar-refractivity contribution in [1.29, 1.82) is 0 Å². The molecule has 0 N–H and O–H groups in total. The third-order valence-corrected chi connectivity index (χ3v) is 4.60. The van der Waals surface area contributed by atoms with Gasteiger partial charge in [-0.15, -0.1) is 0 Å². The molecule has 3 heteroatoms. The average molecular weight is 307 g/mol. The van der Waals surface area contributed by atoms with Crippen LogP contribution in [0.15, 0.2) is 12.1 Å². The van der Waals surface area contributed by atoms with Crippen molar-refractivity contribution in [1.82, 2.24) is 5.06 Å². The molecule has 0 aromatic heterocycles. The lowest BCUT2D eigenvalue weighted by molar-refractivity contribution is -0.144. The van der Waals surface area contributed by atoms with Gasteiger partial charge in [0.25, 0.3) is 0 Å². The van der Waals surface area contributed by atoms with Crippen molar-refractivity contribution in [2.45, 2.75) is 65.3 Å². The second kappa shape index (κ2) is 9.16. The number of ether oxygens (including phenoxy) is 1. The quantitative estimate of drug-likeness (QED) is 0.735. The molecule has 0 spiro atoms. The molecule has 22 heavy (non-hydrogen) atoms. The SMILES string of the molecule is CC.CCCC1CC(N(C)OC)Cc2c(OC)ccc(C)c21. The Morgan fingerprint density at radius 3 is 2.45 bits per heavy atom. The first kappa shape index (κ1) is 19.0. The molecule has 0 radical (unpaired) electrons. The number of hydroxylamine groups is 2. The predicted octanol–water partition coefficient (Wildman–Crippen LogP) is 4.72. The molecule has 1 aliphatic carbocycles. The van der Waals surface area contributed by atoms with Crippen LogP contribution in [0.25, 0.3) is 0 Å². The van der Waals surface area contributed by atoms with Gasteiger partial charge in [-0.1, -0.05) is 33.3 Å². The fraction of sp³-hybridized carbons (Fsp3) is 0.684. The number of fused-ring (bicyclic) bond motifs is 1. The highest BCUT2D eigenvalue weighted by molar-refractivity contribution is 5.48. The largest absolute Gasteiger partial charge is 0.496 e. The van der Waals surface area contributed by atoms with Crippen molar-refractivity contribution in [3.8, 4) is 5.75 Å². The van der Waals surface area contributed by atoms with E-state index in [1.54, 1.807) is 14.2 Å². The van der Waals surface area contributed by atoms with Crippen LogP contribution in [0, 0.1) is 6.92 Å². The van der Waals surface area contributed by atoms with Gasteiger partial charge in [0.15, 0.2) is 0 Å². The van der Waals surface area contributed by atoms with Crippen LogP contribution in [-0.4, -0.2) is 32.4 Å². The van der Waals surface area contributed by atoms with Crippen LogP contribution in [0.3, 0.4) is 0 Å². The fourth-order valence-corrected chi connectivity index (χ4v) is 3.53. The molecule has 0 bridgehead atoms. The third-order valence-electron chi connectivity index (χ3n) is 4.60. The highest BCUT2D eigenvalue weighted by Crippen LogP contribution is 2.42. The van der Waals surface area contributed by atoms with E-state index >= 15 is 0 Å². The van der Waals surface area contributed by atoms with E-state index < -0.39 is 0 Å². The van der Waals surface area contributed by atoms with E-state index in [1.807, 2.05) is 26.0 Å². The Bertz CT molecular complexity index is 459. The minimum Gasteiger partial charge on any atom is -0.496 e. The van der Waals surface area contributed by atoms with Crippen molar-refractivity contribution < 1.29 is 9.57 Å². The molecule has 1 aliphatic rings. The Hall–Kier alpha value is -1.06. The van der Waals surface area contributed by atoms with Crippen LogP contribution in [0.2, 0.25) is 0 Å². The molecule has 2 unspecified atom stereocenters. The van der Waals surface area contributed by atoms with Gasteiger partial charge in [0, 0.05) is 13.1 Å². The standard InChI is InChI=1S/C17H27NO2.C2H6/c1-6-7-13-10-14(18(3)20-5)11-15-16(19-4)9-8-12(2)17(13)15;1-2/h8-9,13-14H,6-7,10-11H2,1-5H3;1-2H3. The number of hydrogen-bond acceptors (Lipinski definition) is 3. The van der Waals surface area contributed by atoms with Gasteiger partial charge in [0.05, 0.1) is 14.2 Å². The zero-order chi connectivity index (χ0) is 16.7. The number of aryl methyl sites for hydroxylation is 1. The molecule has 0 fully saturated rings. The molecule has 2 rings (SSSR count). The highest BCUT2D eigenvalue weighted by atomic mass is 16.7. The number of nitrogens with zero attached hydrogens (tertiary/aromatic N) is 1. The Labute approximate surface area is 136 Å². The lowest BCUT2D eigenvalue weighted by Gasteiger charge is -2.37. The Morgan fingerprint density at radius 2 is 1.91 bits per heavy atom. The topological polar surface area (TPSA) is 21.7 Å². The van der Waals surface area contributed by atoms with Crippen LogP contribution in [0.4, 0.5) is 0 Å². The van der Waals surface area contributed by atoms with Crippen LogP contribution in [-0.2, 0) is 11.3 Å². The van der Waals surface area contributed by atoms with E-state index in [9.17, 15) is 0 Å². The van der Waals surface area contributed by atoms with Gasteiger partial charge >= 0.3 is 0 Å². The summed E-state index contributed by atoms with van der Waals surface area (Å²) in [5.74, 6) is 1.64. The molecule has 0 saturated heterocycles. The van der Waals surface area contributed by atoms with Gasteiger partial charge in [-0.25, -0.2) is 0 Å². The number of benzene rings is 1. The number of hydrogen-bond donors (Lipinski definition) is 0. The van der Waals surface area contributed by atoms with Crippen molar-refractivity contribution >= 4 is 0 Å². The summed E-state index contributed by atoms with van der Waals surface area (Å²) in [6, 6.07) is 4.73. The molecule has 126 valence electrons. The molecule has 2 atom stereocenters. The maximum atomic E-state index is 5.60. The zero-order valence-corrected chi connectivity index (χ0v) is 15.4. The summed E-state index contributed by atoms with van der Waals surface area (Å²) in [5.41, 5.74) is 4.30. The van der Waals surface area contributed by atoms with Crippen LogP contribution < -0.4 is 4.74 Å². The monoisotopic (exact) mass is 307 g/mol. The minimum atomic E-state index is 0.430. The van der Waals surface area contributed by atoms with Crippen molar-refractivity contribution in [2.24, 2.45) is 0 Å². The minimum absolute atomic E-state index is 0.430. The summed E-state index contributed by atoms with van der Waals surface area (Å²) in [6.45, 7) is 8.49. The third kappa shape index (κ3) is 4.02. The zero-order valence-electron chi connectivity index (χ0n) is 15.4. The predicted molar refractivity (Wildman–Crippen MR) is 93.6 cm³/mol. The summed E-state index contributed by atoms with van der Waals surface area (Å²) >= 11 is 0. The Morgan fingerprint density at radius 1 is 1.23 bits per heavy atom. The summed E-state index contributed by atoms with van der Waals surface area (Å²) in [6.07, 6.45) is 4.61.